The smallest absolute Gasteiger partial charge is 0.331 e. The van der Waals surface area contributed by atoms with E-state index in [0.717, 1.165) is 0 Å². The summed E-state index contributed by atoms with van der Waals surface area (Å²) in [4.78, 5) is 12.6. The molecular formula is C24H30O13. The van der Waals surface area contributed by atoms with Gasteiger partial charge in [0.25, 0.3) is 0 Å². The molecule has 1 aromatic rings. The number of aromatic hydroxyl groups is 2. The number of carbonyl (C=O) groups excluding carboxylic acids is 1. The second-order valence-corrected chi connectivity index (χ2v) is 9.69. The van der Waals surface area contributed by atoms with Crippen LogP contribution in [-0.4, -0.2) is 116 Å². The van der Waals surface area contributed by atoms with Crippen molar-refractivity contribution in [3.63, 3.8) is 0 Å². The van der Waals surface area contributed by atoms with Crippen LogP contribution in [0, 0.1) is 11.8 Å². The number of phenols is 2. The number of hydrogen-bond donors (Lipinski definition) is 7. The maximum atomic E-state index is 12.6. The van der Waals surface area contributed by atoms with Gasteiger partial charge in [0, 0.05) is 12.0 Å². The molecule has 0 aromatic heterocycles. The minimum atomic E-state index is -1.64. The number of aliphatic hydroxyl groups excluding tert-OH is 5. The zero-order valence-electron chi connectivity index (χ0n) is 19.6. The molecule has 0 amide bonds. The fraction of sp³-hybridized carbons (Fsp3) is 0.625. The van der Waals surface area contributed by atoms with Crippen molar-refractivity contribution in [2.24, 2.45) is 11.8 Å². The first-order valence-corrected chi connectivity index (χ1v) is 12.0. The summed E-state index contributed by atoms with van der Waals surface area (Å²) in [6, 6.07) is 4.07. The number of phenolic OH excluding ortho intramolecular Hbond substituents is 2. The van der Waals surface area contributed by atoms with Crippen LogP contribution in [0.2, 0.25) is 0 Å². The number of carbonyl (C=O) groups is 1. The van der Waals surface area contributed by atoms with Gasteiger partial charge in [-0.2, -0.15) is 0 Å². The fourth-order valence-corrected chi connectivity index (χ4v) is 5.61. The minimum absolute atomic E-state index is 0.203. The van der Waals surface area contributed by atoms with E-state index in [1.54, 1.807) is 0 Å². The van der Waals surface area contributed by atoms with Gasteiger partial charge in [-0.3, -0.25) is 0 Å². The quantitative estimate of drug-likeness (QED) is 0.0885. The van der Waals surface area contributed by atoms with Gasteiger partial charge < -0.3 is 59.4 Å². The van der Waals surface area contributed by atoms with E-state index >= 15 is 0 Å². The van der Waals surface area contributed by atoms with Crippen LogP contribution in [0.5, 0.6) is 11.5 Å². The van der Waals surface area contributed by atoms with Gasteiger partial charge in [-0.05, 0) is 30.2 Å². The van der Waals surface area contributed by atoms with Crippen molar-refractivity contribution in [2.45, 2.75) is 61.2 Å². The molecule has 13 heteroatoms. The zero-order chi connectivity index (χ0) is 26.5. The highest BCUT2D eigenvalue weighted by Gasteiger charge is 2.77. The van der Waals surface area contributed by atoms with Crippen LogP contribution in [-0.2, 0) is 28.5 Å². The minimum Gasteiger partial charge on any atom is -0.504 e. The summed E-state index contributed by atoms with van der Waals surface area (Å²) in [5, 5.41) is 69.1. The molecule has 0 spiro atoms. The van der Waals surface area contributed by atoms with E-state index in [4.69, 9.17) is 23.7 Å². The highest BCUT2D eigenvalue weighted by Crippen LogP contribution is 2.61. The van der Waals surface area contributed by atoms with Gasteiger partial charge in [-0.15, -0.1) is 0 Å². The van der Waals surface area contributed by atoms with Gasteiger partial charge in [0.05, 0.1) is 25.7 Å². The highest BCUT2D eigenvalue weighted by atomic mass is 16.8. The largest absolute Gasteiger partial charge is 0.504 e. The standard InChI is InChI=1S/C24H30O13/c25-8-14-17(30)18(31)19(32)23(34-14)36-22-16-11(5-6-33-22)20(21-24(16,9-26)37-21)35-15(29)4-2-10-1-3-12(27)13(28)7-10/h1-4,7,11,14,16-23,25-28,30-32H,5-6,8-9H2/b4-2+/t11-,14-,16-,17-,18+,19-,20+,21+,22+,23+,24-/m1/s1. The average Bonchev–Trinajstić information content (AvgIpc) is 3.57. The van der Waals surface area contributed by atoms with Gasteiger partial charge in [0.2, 0.25) is 0 Å². The molecular weight excluding hydrogens is 496 g/mol. The van der Waals surface area contributed by atoms with Crippen molar-refractivity contribution < 1.29 is 64.2 Å². The number of aliphatic hydroxyl groups is 5. The molecule has 1 aliphatic carbocycles. The van der Waals surface area contributed by atoms with Crippen molar-refractivity contribution in [1.82, 2.24) is 0 Å². The lowest BCUT2D eigenvalue weighted by Gasteiger charge is -2.44. The normalized spacial score (nSPS) is 42.8. The lowest BCUT2D eigenvalue weighted by molar-refractivity contribution is -0.356. The Balaban J connectivity index is 1.29. The number of hydrogen-bond acceptors (Lipinski definition) is 13. The lowest BCUT2D eigenvalue weighted by atomic mass is 9.83. The molecule has 1 aromatic carbocycles. The topological polar surface area (TPSA) is 208 Å². The average molecular weight is 526 g/mol. The number of rotatable bonds is 7. The molecule has 0 radical (unpaired) electrons. The lowest BCUT2D eigenvalue weighted by Crippen LogP contribution is -2.61. The third kappa shape index (κ3) is 4.60. The summed E-state index contributed by atoms with van der Waals surface area (Å²) in [6.45, 7) is -0.828. The Labute approximate surface area is 211 Å². The van der Waals surface area contributed by atoms with E-state index in [0.29, 0.717) is 12.0 Å². The second kappa shape index (κ2) is 10.1. The van der Waals surface area contributed by atoms with Crippen molar-refractivity contribution in [1.29, 1.82) is 0 Å². The summed E-state index contributed by atoms with van der Waals surface area (Å²) in [6.07, 6.45) is -6.80. The molecule has 13 nitrogen and oxygen atoms in total. The Morgan fingerprint density at radius 2 is 1.86 bits per heavy atom. The molecule has 3 aliphatic heterocycles. The predicted molar refractivity (Wildman–Crippen MR) is 120 cm³/mol. The van der Waals surface area contributed by atoms with Gasteiger partial charge >= 0.3 is 5.97 Å². The molecule has 1 saturated carbocycles. The van der Waals surface area contributed by atoms with E-state index in [1.807, 2.05) is 0 Å². The Hall–Kier alpha value is -2.33. The summed E-state index contributed by atoms with van der Waals surface area (Å²) in [5.41, 5.74) is -0.649. The fourth-order valence-electron chi connectivity index (χ4n) is 5.61. The number of ether oxygens (including phenoxy) is 5. The maximum absolute atomic E-state index is 12.6. The molecule has 3 heterocycles. The van der Waals surface area contributed by atoms with Crippen molar-refractivity contribution in [3.8, 4) is 11.5 Å². The van der Waals surface area contributed by atoms with Crippen LogP contribution in [0.1, 0.15) is 12.0 Å². The first-order chi connectivity index (χ1) is 17.7. The van der Waals surface area contributed by atoms with Crippen LogP contribution in [0.4, 0.5) is 0 Å². The molecule has 7 N–H and O–H groups in total. The molecule has 37 heavy (non-hydrogen) atoms. The van der Waals surface area contributed by atoms with Crippen molar-refractivity contribution in [2.75, 3.05) is 19.8 Å². The zero-order valence-corrected chi connectivity index (χ0v) is 19.6. The third-order valence-corrected chi connectivity index (χ3v) is 7.57. The van der Waals surface area contributed by atoms with Gasteiger partial charge in [0.1, 0.15) is 42.2 Å². The summed E-state index contributed by atoms with van der Waals surface area (Å²) in [5.74, 6) is -2.24. The summed E-state index contributed by atoms with van der Waals surface area (Å²) >= 11 is 0. The van der Waals surface area contributed by atoms with Gasteiger partial charge in [-0.25, -0.2) is 4.79 Å². The molecule has 4 fully saturated rings. The maximum Gasteiger partial charge on any atom is 0.331 e. The summed E-state index contributed by atoms with van der Waals surface area (Å²) in [7, 11) is 0. The number of fused-ring (bicyclic) bond motifs is 3. The van der Waals surface area contributed by atoms with Gasteiger partial charge in [0.15, 0.2) is 24.1 Å². The Kier molecular flexibility index (Phi) is 7.17. The SMILES string of the molecule is O=C(/C=C/c1ccc(O)c(O)c1)O[C@H]1[C@@H]2CCO[C@@H](O[C@@H]3O[C@H](CO)[C@@H](O)[C@H](O)[C@H]3O)[C@@H]2[C@@]2(CO)O[C@@H]12. The van der Waals surface area contributed by atoms with Crippen molar-refractivity contribution in [3.05, 3.63) is 29.8 Å². The van der Waals surface area contributed by atoms with Crippen LogP contribution in [0.15, 0.2) is 24.3 Å². The van der Waals surface area contributed by atoms with Gasteiger partial charge in [-0.1, -0.05) is 6.07 Å². The van der Waals surface area contributed by atoms with E-state index in [1.165, 1.54) is 30.4 Å². The second-order valence-electron chi connectivity index (χ2n) is 9.69. The molecule has 11 atom stereocenters. The molecule has 0 bridgehead atoms. The number of benzene rings is 1. The Bertz CT molecular complexity index is 1030. The predicted octanol–water partition coefficient (Wildman–Crippen LogP) is -2.04. The third-order valence-electron chi connectivity index (χ3n) is 7.57. The Morgan fingerprint density at radius 1 is 1.08 bits per heavy atom. The van der Waals surface area contributed by atoms with Crippen LogP contribution in [0.25, 0.3) is 6.08 Å². The number of epoxide rings is 1. The van der Waals surface area contributed by atoms with Crippen LogP contribution in [0.3, 0.4) is 0 Å². The first-order valence-electron chi connectivity index (χ1n) is 12.0. The highest BCUT2D eigenvalue weighted by molar-refractivity contribution is 5.87. The first kappa shape index (κ1) is 26.3. The van der Waals surface area contributed by atoms with Crippen LogP contribution >= 0.6 is 0 Å². The molecule has 4 aliphatic rings. The van der Waals surface area contributed by atoms with E-state index in [9.17, 15) is 40.5 Å². The van der Waals surface area contributed by atoms with E-state index < -0.39 is 79.9 Å². The molecule has 3 saturated heterocycles. The number of esters is 1. The van der Waals surface area contributed by atoms with E-state index in [-0.39, 0.29) is 24.0 Å². The molecule has 0 unspecified atom stereocenters. The van der Waals surface area contributed by atoms with Crippen LogP contribution < -0.4 is 0 Å². The van der Waals surface area contributed by atoms with E-state index in [2.05, 4.69) is 0 Å². The Morgan fingerprint density at radius 3 is 2.57 bits per heavy atom. The summed E-state index contributed by atoms with van der Waals surface area (Å²) < 4.78 is 28.5. The monoisotopic (exact) mass is 526 g/mol. The molecule has 5 rings (SSSR count). The van der Waals surface area contributed by atoms with Crippen molar-refractivity contribution >= 4 is 12.0 Å². The molecule has 204 valence electrons.